The molecule has 0 saturated carbocycles. The number of fused-ring (bicyclic) bond motifs is 1. The summed E-state index contributed by atoms with van der Waals surface area (Å²) in [5.41, 5.74) is 0.809. The summed E-state index contributed by atoms with van der Waals surface area (Å²) in [6.07, 6.45) is 2.34. The lowest BCUT2D eigenvalue weighted by Gasteiger charge is -2.45. The molecule has 0 bridgehead atoms. The number of aliphatic hydroxyl groups excluding tert-OH is 1. The molecule has 5 rings (SSSR count). The van der Waals surface area contributed by atoms with E-state index in [4.69, 9.17) is 21.1 Å². The number of piperidine rings is 1. The van der Waals surface area contributed by atoms with Gasteiger partial charge in [-0.15, -0.1) is 0 Å². The molecule has 0 spiro atoms. The number of ether oxygens (including phenoxy) is 2. The van der Waals surface area contributed by atoms with Crippen molar-refractivity contribution >= 4 is 35.1 Å². The summed E-state index contributed by atoms with van der Waals surface area (Å²) < 4.78 is 27.0. The number of halogens is 2. The molecule has 2 atom stereocenters. The average molecular weight is 666 g/mol. The zero-order chi connectivity index (χ0) is 34.1. The molecule has 0 aliphatic carbocycles. The number of aliphatic hydroxyl groups is 1. The number of hydrogen-bond donors (Lipinski definition) is 1. The lowest BCUT2D eigenvalue weighted by molar-refractivity contribution is -0.156. The van der Waals surface area contributed by atoms with Gasteiger partial charge in [0.05, 0.1) is 40.4 Å². The largest absolute Gasteiger partial charge is 0.489 e. The first-order chi connectivity index (χ1) is 22.2. The van der Waals surface area contributed by atoms with E-state index in [1.807, 2.05) is 0 Å². The van der Waals surface area contributed by atoms with E-state index >= 15 is 4.39 Å². The molecule has 2 aliphatic heterocycles. The van der Waals surface area contributed by atoms with Crippen LogP contribution in [-0.2, 0) is 20.7 Å². The molecular weight excluding hydrogens is 625 g/mol. The van der Waals surface area contributed by atoms with E-state index in [0.717, 1.165) is 0 Å². The number of rotatable bonds is 8. The van der Waals surface area contributed by atoms with Gasteiger partial charge in [0, 0.05) is 37.3 Å². The molecule has 1 fully saturated rings. The number of esters is 1. The van der Waals surface area contributed by atoms with Crippen molar-refractivity contribution in [2.75, 3.05) is 24.6 Å². The van der Waals surface area contributed by atoms with Gasteiger partial charge < -0.3 is 24.4 Å². The maximum Gasteiger partial charge on any atom is 0.310 e. The number of pyridine rings is 1. The van der Waals surface area contributed by atoms with Gasteiger partial charge in [-0.25, -0.2) is 4.39 Å². The van der Waals surface area contributed by atoms with Gasteiger partial charge in [-0.05, 0) is 77.3 Å². The molecule has 0 radical (unpaired) electrons. The van der Waals surface area contributed by atoms with Crippen LogP contribution in [0.25, 0.3) is 11.1 Å². The first-order valence-electron chi connectivity index (χ1n) is 15.8. The summed E-state index contributed by atoms with van der Waals surface area (Å²) in [6, 6.07) is 13.1. The SMILES string of the molecule is C[C@H](CC(=O)OC(C)(C)C)Oc1ccccc1-c1ccc(C(=O)N2CCC(N3C(=O)C(C)(CO)Cc4ncc(Cl)cc43)CC2)c(F)c1. The molecule has 1 saturated heterocycles. The molecule has 47 heavy (non-hydrogen) atoms. The molecular formula is C36H41ClFN3O6. The van der Waals surface area contributed by atoms with Gasteiger partial charge in [-0.1, -0.05) is 35.9 Å². The summed E-state index contributed by atoms with van der Waals surface area (Å²) in [6.45, 7) is 9.22. The van der Waals surface area contributed by atoms with Crippen LogP contribution in [0, 0.1) is 11.2 Å². The maximum absolute atomic E-state index is 15.6. The summed E-state index contributed by atoms with van der Waals surface area (Å²) in [7, 11) is 0. The Morgan fingerprint density at radius 3 is 2.51 bits per heavy atom. The number of carbonyl (C=O) groups is 3. The standard InChI is InChI=1S/C36H41ClFN3O6/c1-22(16-32(43)47-35(2,3)4)46-31-9-7-6-8-26(31)23-10-11-27(28(38)17-23)33(44)40-14-12-25(13-15-40)41-30-18-24(37)20-39-29(30)19-36(5,21-42)34(41)45/h6-11,17-18,20,22,25,42H,12-16,19,21H2,1-5H3/t22-,36?/m1/s1. The number of para-hydroxylation sites is 1. The molecule has 11 heteroatoms. The molecule has 9 nitrogen and oxygen atoms in total. The fourth-order valence-electron chi connectivity index (χ4n) is 6.17. The Labute approximate surface area is 279 Å². The van der Waals surface area contributed by atoms with Crippen molar-refractivity contribution in [3.8, 4) is 16.9 Å². The first-order valence-corrected chi connectivity index (χ1v) is 16.2. The third-order valence-electron chi connectivity index (χ3n) is 8.53. The van der Waals surface area contributed by atoms with Crippen LogP contribution in [0.5, 0.6) is 5.75 Å². The average Bonchev–Trinajstić information content (AvgIpc) is 3.01. The van der Waals surface area contributed by atoms with Crippen molar-refractivity contribution in [1.82, 2.24) is 9.88 Å². The lowest BCUT2D eigenvalue weighted by Crippen LogP contribution is -2.56. The highest BCUT2D eigenvalue weighted by molar-refractivity contribution is 6.30. The zero-order valence-corrected chi connectivity index (χ0v) is 28.1. The van der Waals surface area contributed by atoms with Gasteiger partial charge >= 0.3 is 5.97 Å². The van der Waals surface area contributed by atoms with Gasteiger partial charge in [0.2, 0.25) is 5.91 Å². The quantitative estimate of drug-likeness (QED) is 0.284. The van der Waals surface area contributed by atoms with E-state index < -0.39 is 28.8 Å². The highest BCUT2D eigenvalue weighted by Gasteiger charge is 2.46. The topological polar surface area (TPSA) is 109 Å². The molecule has 3 aromatic rings. The van der Waals surface area contributed by atoms with Crippen LogP contribution in [0.3, 0.4) is 0 Å². The molecule has 1 unspecified atom stereocenters. The molecule has 1 aromatic heterocycles. The minimum Gasteiger partial charge on any atom is -0.489 e. The van der Waals surface area contributed by atoms with Crippen LogP contribution >= 0.6 is 11.6 Å². The number of benzene rings is 2. The van der Waals surface area contributed by atoms with Crippen LogP contribution in [0.1, 0.15) is 69.9 Å². The van der Waals surface area contributed by atoms with Crippen LogP contribution in [0.15, 0.2) is 54.7 Å². The summed E-state index contributed by atoms with van der Waals surface area (Å²) in [5.74, 6) is -1.19. The van der Waals surface area contributed by atoms with Crippen LogP contribution in [0.2, 0.25) is 5.02 Å². The van der Waals surface area contributed by atoms with Crippen molar-refractivity contribution in [3.05, 3.63) is 76.8 Å². The van der Waals surface area contributed by atoms with Gasteiger partial charge in [0.1, 0.15) is 23.3 Å². The van der Waals surface area contributed by atoms with Crippen molar-refractivity contribution in [2.24, 2.45) is 5.41 Å². The van der Waals surface area contributed by atoms with Crippen molar-refractivity contribution < 1.29 is 33.4 Å². The Balaban J connectivity index is 1.27. The first kappa shape index (κ1) is 34.3. The summed E-state index contributed by atoms with van der Waals surface area (Å²) in [5, 5.41) is 10.5. The van der Waals surface area contributed by atoms with Crippen LogP contribution in [0.4, 0.5) is 10.1 Å². The third-order valence-corrected chi connectivity index (χ3v) is 8.74. The number of likely N-dealkylation sites (tertiary alicyclic amines) is 1. The molecule has 1 N–H and O–H groups in total. The second-order valence-electron chi connectivity index (χ2n) is 13.6. The van der Waals surface area contributed by atoms with Crippen LogP contribution in [-0.4, -0.2) is 70.2 Å². The Bertz CT molecular complexity index is 1670. The predicted molar refractivity (Wildman–Crippen MR) is 177 cm³/mol. The summed E-state index contributed by atoms with van der Waals surface area (Å²) >= 11 is 6.24. The van der Waals surface area contributed by atoms with E-state index in [1.165, 1.54) is 18.3 Å². The molecule has 2 aromatic carbocycles. The van der Waals surface area contributed by atoms with Crippen molar-refractivity contribution in [1.29, 1.82) is 0 Å². The lowest BCUT2D eigenvalue weighted by atomic mass is 9.79. The monoisotopic (exact) mass is 665 g/mol. The normalized spacial score (nSPS) is 19.3. The van der Waals surface area contributed by atoms with Crippen LogP contribution < -0.4 is 9.64 Å². The maximum atomic E-state index is 15.6. The van der Waals surface area contributed by atoms with Crippen molar-refractivity contribution in [3.63, 3.8) is 0 Å². The number of amides is 2. The third kappa shape index (κ3) is 7.60. The Morgan fingerprint density at radius 2 is 1.85 bits per heavy atom. The number of carbonyl (C=O) groups excluding carboxylic acids is 3. The van der Waals surface area contributed by atoms with E-state index in [-0.39, 0.29) is 36.5 Å². The minimum absolute atomic E-state index is 0.0490. The molecule has 2 aliphatic rings. The Morgan fingerprint density at radius 1 is 1.15 bits per heavy atom. The second kappa shape index (κ2) is 13.6. The Kier molecular flexibility index (Phi) is 9.94. The van der Waals surface area contributed by atoms with E-state index in [1.54, 1.807) is 80.8 Å². The fraction of sp³-hybridized carbons (Fsp3) is 0.444. The predicted octanol–water partition coefficient (Wildman–Crippen LogP) is 6.23. The second-order valence-corrected chi connectivity index (χ2v) is 14.1. The fourth-order valence-corrected chi connectivity index (χ4v) is 6.32. The summed E-state index contributed by atoms with van der Waals surface area (Å²) in [4.78, 5) is 47.1. The Hall–Kier alpha value is -4.02. The number of hydrogen-bond acceptors (Lipinski definition) is 7. The number of anilines is 1. The van der Waals surface area contributed by atoms with Gasteiger partial charge in [0.15, 0.2) is 0 Å². The molecule has 250 valence electrons. The number of nitrogens with zero attached hydrogens (tertiary/aromatic N) is 3. The zero-order valence-electron chi connectivity index (χ0n) is 27.4. The molecule has 2 amide bonds. The van der Waals surface area contributed by atoms with Gasteiger partial charge in [-0.2, -0.15) is 0 Å². The van der Waals surface area contributed by atoms with E-state index in [0.29, 0.717) is 65.6 Å². The van der Waals surface area contributed by atoms with Crippen molar-refractivity contribution in [2.45, 2.75) is 78.0 Å². The number of aromatic nitrogens is 1. The van der Waals surface area contributed by atoms with Gasteiger partial charge in [-0.3, -0.25) is 19.4 Å². The van der Waals surface area contributed by atoms with E-state index in [2.05, 4.69) is 4.98 Å². The highest BCUT2D eigenvalue weighted by Crippen LogP contribution is 2.40. The smallest absolute Gasteiger partial charge is 0.310 e. The molecule has 3 heterocycles. The minimum atomic E-state index is -1.01. The van der Waals surface area contributed by atoms with E-state index in [9.17, 15) is 19.5 Å². The highest BCUT2D eigenvalue weighted by atomic mass is 35.5. The van der Waals surface area contributed by atoms with Gasteiger partial charge in [0.25, 0.3) is 5.91 Å².